The van der Waals surface area contributed by atoms with Crippen LogP contribution < -0.4 is 5.32 Å². The topological polar surface area (TPSA) is 12.0 Å². The van der Waals surface area contributed by atoms with Crippen molar-refractivity contribution in [3.63, 3.8) is 0 Å². The van der Waals surface area contributed by atoms with E-state index in [1.807, 2.05) is 31.2 Å². The van der Waals surface area contributed by atoms with Gasteiger partial charge in [0.25, 0.3) is 0 Å². The highest BCUT2D eigenvalue weighted by Crippen LogP contribution is 2.27. The highest BCUT2D eigenvalue weighted by Gasteiger charge is 2.09. The maximum Gasteiger partial charge on any atom is 0.150 e. The van der Waals surface area contributed by atoms with Crippen LogP contribution >= 0.6 is 15.9 Å². The third-order valence-electron chi connectivity index (χ3n) is 2.56. The third-order valence-corrected chi connectivity index (χ3v) is 3.18. The molecule has 18 heavy (non-hydrogen) atoms. The first-order valence-electron chi connectivity index (χ1n) is 5.50. The molecule has 0 amide bonds. The van der Waals surface area contributed by atoms with E-state index in [9.17, 15) is 8.78 Å². The first-order chi connectivity index (χ1) is 8.56. The van der Waals surface area contributed by atoms with Crippen LogP contribution in [0.2, 0.25) is 0 Å². The van der Waals surface area contributed by atoms with E-state index in [1.54, 1.807) is 0 Å². The lowest BCUT2D eigenvalue weighted by Gasteiger charge is -2.10. The molecule has 0 heterocycles. The van der Waals surface area contributed by atoms with Gasteiger partial charge in [-0.05, 0) is 34.5 Å². The quantitative estimate of drug-likeness (QED) is 0.870. The molecule has 0 aliphatic heterocycles. The molecule has 0 aliphatic rings. The summed E-state index contributed by atoms with van der Waals surface area (Å²) in [5.74, 6) is -1.20. The number of benzene rings is 2. The Balaban J connectivity index is 2.16. The monoisotopic (exact) mass is 311 g/mol. The average Bonchev–Trinajstić information content (AvgIpc) is 2.27. The SMILES string of the molecule is Cc1cccc(CNc2c(F)cc(F)cc2Br)c1. The fourth-order valence-electron chi connectivity index (χ4n) is 1.72. The number of halogens is 3. The Hall–Kier alpha value is -1.42. The number of hydrogen-bond acceptors (Lipinski definition) is 1. The average molecular weight is 312 g/mol. The van der Waals surface area contributed by atoms with E-state index >= 15 is 0 Å². The van der Waals surface area contributed by atoms with Crippen molar-refractivity contribution in [3.05, 3.63) is 63.6 Å². The Morgan fingerprint density at radius 1 is 1.17 bits per heavy atom. The molecule has 0 radical (unpaired) electrons. The van der Waals surface area contributed by atoms with Crippen LogP contribution in [0.25, 0.3) is 0 Å². The smallest absolute Gasteiger partial charge is 0.150 e. The zero-order chi connectivity index (χ0) is 13.1. The molecule has 0 unspecified atom stereocenters. The van der Waals surface area contributed by atoms with Gasteiger partial charge in [-0.2, -0.15) is 0 Å². The van der Waals surface area contributed by atoms with Crippen LogP contribution in [0, 0.1) is 18.6 Å². The summed E-state index contributed by atoms with van der Waals surface area (Å²) in [6.07, 6.45) is 0. The van der Waals surface area contributed by atoms with Crippen LogP contribution in [0.15, 0.2) is 40.9 Å². The van der Waals surface area contributed by atoms with Gasteiger partial charge in [0.05, 0.1) is 5.69 Å². The van der Waals surface area contributed by atoms with Gasteiger partial charge in [-0.25, -0.2) is 8.78 Å². The molecule has 0 aromatic heterocycles. The second-order valence-electron chi connectivity index (χ2n) is 4.09. The second kappa shape index (κ2) is 5.48. The molecule has 0 saturated carbocycles. The maximum absolute atomic E-state index is 13.6. The predicted molar refractivity (Wildman–Crippen MR) is 72.6 cm³/mol. The summed E-state index contributed by atoms with van der Waals surface area (Å²) >= 11 is 3.14. The molecule has 1 N–H and O–H groups in total. The standard InChI is InChI=1S/C14H12BrF2N/c1-9-3-2-4-10(5-9)8-18-14-12(15)6-11(16)7-13(14)17/h2-7,18H,8H2,1H3. The summed E-state index contributed by atoms with van der Waals surface area (Å²) in [5.41, 5.74) is 2.47. The Morgan fingerprint density at radius 3 is 2.61 bits per heavy atom. The molecule has 4 heteroatoms. The van der Waals surface area contributed by atoms with Crippen LogP contribution in [-0.4, -0.2) is 0 Å². The van der Waals surface area contributed by atoms with E-state index in [2.05, 4.69) is 21.2 Å². The van der Waals surface area contributed by atoms with Crippen molar-refractivity contribution < 1.29 is 8.78 Å². The lowest BCUT2D eigenvalue weighted by molar-refractivity contribution is 0.583. The summed E-state index contributed by atoms with van der Waals surface area (Å²) in [6, 6.07) is 10.0. The molecule has 2 aromatic carbocycles. The van der Waals surface area contributed by atoms with Gasteiger partial charge < -0.3 is 5.32 Å². The van der Waals surface area contributed by atoms with Crippen molar-refractivity contribution in [2.24, 2.45) is 0 Å². The number of hydrogen-bond donors (Lipinski definition) is 1. The summed E-state index contributed by atoms with van der Waals surface area (Å²) in [6.45, 7) is 2.49. The lowest BCUT2D eigenvalue weighted by Crippen LogP contribution is -2.03. The van der Waals surface area contributed by atoms with E-state index in [4.69, 9.17) is 0 Å². The second-order valence-corrected chi connectivity index (χ2v) is 4.94. The Kier molecular flexibility index (Phi) is 3.97. The largest absolute Gasteiger partial charge is 0.378 e. The first-order valence-corrected chi connectivity index (χ1v) is 6.29. The van der Waals surface area contributed by atoms with E-state index in [0.717, 1.165) is 17.2 Å². The third kappa shape index (κ3) is 3.07. The molecular weight excluding hydrogens is 300 g/mol. The van der Waals surface area contributed by atoms with Crippen molar-refractivity contribution in [2.45, 2.75) is 13.5 Å². The number of rotatable bonds is 3. The molecule has 94 valence electrons. The van der Waals surface area contributed by atoms with Crippen molar-refractivity contribution in [2.75, 3.05) is 5.32 Å². The minimum Gasteiger partial charge on any atom is -0.378 e. The van der Waals surface area contributed by atoms with Gasteiger partial charge in [0.1, 0.15) is 11.6 Å². The highest BCUT2D eigenvalue weighted by atomic mass is 79.9. The Bertz CT molecular complexity index is 546. The normalized spacial score (nSPS) is 10.4. The van der Waals surface area contributed by atoms with E-state index in [0.29, 0.717) is 11.0 Å². The highest BCUT2D eigenvalue weighted by molar-refractivity contribution is 9.10. The first kappa shape index (κ1) is 13.0. The van der Waals surface area contributed by atoms with Crippen LogP contribution in [0.4, 0.5) is 14.5 Å². The van der Waals surface area contributed by atoms with Crippen molar-refractivity contribution in [3.8, 4) is 0 Å². The maximum atomic E-state index is 13.6. The molecule has 0 spiro atoms. The van der Waals surface area contributed by atoms with Crippen molar-refractivity contribution >= 4 is 21.6 Å². The minimum absolute atomic E-state index is 0.276. The molecule has 1 nitrogen and oxygen atoms in total. The summed E-state index contributed by atoms with van der Waals surface area (Å²) in [7, 11) is 0. The molecular formula is C14H12BrF2N. The number of anilines is 1. The Labute approximate surface area is 113 Å². The van der Waals surface area contributed by atoms with E-state index in [1.165, 1.54) is 6.07 Å². The van der Waals surface area contributed by atoms with Crippen molar-refractivity contribution in [1.82, 2.24) is 0 Å². The van der Waals surface area contributed by atoms with Gasteiger partial charge in [-0.3, -0.25) is 0 Å². The predicted octanol–water partition coefficient (Wildman–Crippen LogP) is 4.65. The zero-order valence-corrected chi connectivity index (χ0v) is 11.4. The molecule has 2 rings (SSSR count). The summed E-state index contributed by atoms with van der Waals surface area (Å²) in [5, 5.41) is 2.96. The van der Waals surface area contributed by atoms with Crippen molar-refractivity contribution in [1.29, 1.82) is 0 Å². The summed E-state index contributed by atoms with van der Waals surface area (Å²) < 4.78 is 26.9. The van der Waals surface area contributed by atoms with Gasteiger partial charge in [0, 0.05) is 17.1 Å². The minimum atomic E-state index is -0.602. The zero-order valence-electron chi connectivity index (χ0n) is 9.81. The van der Waals surface area contributed by atoms with Gasteiger partial charge in [0.15, 0.2) is 0 Å². The fourth-order valence-corrected chi connectivity index (χ4v) is 2.27. The molecule has 0 fully saturated rings. The van der Waals surface area contributed by atoms with E-state index in [-0.39, 0.29) is 5.69 Å². The molecule has 0 atom stereocenters. The number of nitrogens with one attached hydrogen (secondary N) is 1. The molecule has 0 saturated heterocycles. The molecule has 0 aliphatic carbocycles. The van der Waals surface area contributed by atoms with Crippen LogP contribution in [-0.2, 0) is 6.54 Å². The van der Waals surface area contributed by atoms with Gasteiger partial charge in [-0.1, -0.05) is 29.8 Å². The lowest BCUT2D eigenvalue weighted by atomic mass is 10.1. The van der Waals surface area contributed by atoms with Crippen LogP contribution in [0.5, 0.6) is 0 Å². The summed E-state index contributed by atoms with van der Waals surface area (Å²) in [4.78, 5) is 0. The molecule has 2 aromatic rings. The number of aryl methyl sites for hydroxylation is 1. The van der Waals surface area contributed by atoms with Gasteiger partial charge >= 0.3 is 0 Å². The van der Waals surface area contributed by atoms with Gasteiger partial charge in [-0.15, -0.1) is 0 Å². The van der Waals surface area contributed by atoms with Gasteiger partial charge in [0.2, 0.25) is 0 Å². The molecule has 0 bridgehead atoms. The van der Waals surface area contributed by atoms with Crippen LogP contribution in [0.3, 0.4) is 0 Å². The van der Waals surface area contributed by atoms with E-state index < -0.39 is 11.6 Å². The fraction of sp³-hybridized carbons (Fsp3) is 0.143. The Morgan fingerprint density at radius 2 is 1.94 bits per heavy atom. The van der Waals surface area contributed by atoms with Crippen LogP contribution in [0.1, 0.15) is 11.1 Å².